The number of carboxylic acid groups (broad SMARTS) is 1. The molecule has 98 valence electrons. The third kappa shape index (κ3) is 2.03. The number of aliphatic hydroxyl groups is 1. The molecule has 1 fully saturated rings. The summed E-state index contributed by atoms with van der Waals surface area (Å²) in [5.74, 6) is -0.774. The minimum Gasteiger partial charge on any atom is -0.478 e. The summed E-state index contributed by atoms with van der Waals surface area (Å²) < 4.78 is 0. The van der Waals surface area contributed by atoms with E-state index in [-0.39, 0.29) is 22.8 Å². The fraction of sp³-hybridized carbons (Fsp3) is 0.533. The van der Waals surface area contributed by atoms with Gasteiger partial charge in [0, 0.05) is 5.57 Å². The number of fused-ring (bicyclic) bond motifs is 1. The maximum absolute atomic E-state index is 11.0. The van der Waals surface area contributed by atoms with Crippen LogP contribution in [-0.2, 0) is 4.79 Å². The molecule has 0 radical (unpaired) electrons. The zero-order valence-electron chi connectivity index (χ0n) is 10.7. The summed E-state index contributed by atoms with van der Waals surface area (Å²) in [4.78, 5) is 11.0. The van der Waals surface area contributed by atoms with Crippen molar-refractivity contribution >= 4 is 5.97 Å². The number of allylic oxidation sites excluding steroid dienone is 1. The summed E-state index contributed by atoms with van der Waals surface area (Å²) in [6, 6.07) is 0. The van der Waals surface area contributed by atoms with Gasteiger partial charge in [0.25, 0.3) is 0 Å². The second kappa shape index (κ2) is 4.39. The van der Waals surface area contributed by atoms with E-state index in [0.29, 0.717) is 0 Å². The number of hydrogen-bond acceptors (Lipinski definition) is 2. The van der Waals surface area contributed by atoms with Gasteiger partial charge in [-0.3, -0.25) is 0 Å². The molecule has 1 saturated carbocycles. The van der Waals surface area contributed by atoms with Crippen molar-refractivity contribution in [2.45, 2.75) is 32.3 Å². The lowest BCUT2D eigenvalue weighted by Gasteiger charge is -2.47. The second-order valence-electron chi connectivity index (χ2n) is 5.74. The Morgan fingerprint density at radius 2 is 2.22 bits per heavy atom. The van der Waals surface area contributed by atoms with Gasteiger partial charge in [-0.05, 0) is 42.1 Å². The van der Waals surface area contributed by atoms with Crippen molar-refractivity contribution in [2.24, 2.45) is 17.3 Å². The summed E-state index contributed by atoms with van der Waals surface area (Å²) in [5, 5.41) is 18.9. The first-order valence-corrected chi connectivity index (χ1v) is 6.33. The van der Waals surface area contributed by atoms with Crippen LogP contribution in [0.3, 0.4) is 0 Å². The van der Waals surface area contributed by atoms with Gasteiger partial charge in [-0.2, -0.15) is 0 Å². The molecule has 0 saturated heterocycles. The Morgan fingerprint density at radius 3 is 2.83 bits per heavy atom. The highest BCUT2D eigenvalue weighted by molar-refractivity contribution is 5.86. The van der Waals surface area contributed by atoms with Crippen LogP contribution in [-0.4, -0.2) is 22.3 Å². The number of hydrogen-bond donors (Lipinski definition) is 2. The molecule has 2 aliphatic rings. The first-order valence-electron chi connectivity index (χ1n) is 6.33. The van der Waals surface area contributed by atoms with E-state index in [1.807, 2.05) is 0 Å². The minimum atomic E-state index is -0.916. The molecule has 0 aromatic rings. The molecule has 4 unspecified atom stereocenters. The van der Waals surface area contributed by atoms with Crippen molar-refractivity contribution in [1.29, 1.82) is 0 Å². The maximum Gasteiger partial charge on any atom is 0.331 e. The molecule has 0 spiro atoms. The summed E-state index contributed by atoms with van der Waals surface area (Å²) in [6.45, 7) is 9.82. The molecule has 2 rings (SSSR count). The lowest BCUT2D eigenvalue weighted by atomic mass is 9.58. The van der Waals surface area contributed by atoms with Crippen LogP contribution < -0.4 is 0 Å². The lowest BCUT2D eigenvalue weighted by Crippen LogP contribution is -2.40. The van der Waals surface area contributed by atoms with Crippen molar-refractivity contribution in [3.63, 3.8) is 0 Å². The highest BCUT2D eigenvalue weighted by Crippen LogP contribution is 2.51. The van der Waals surface area contributed by atoms with Gasteiger partial charge < -0.3 is 10.2 Å². The van der Waals surface area contributed by atoms with Gasteiger partial charge in [-0.15, -0.1) is 0 Å². The minimum absolute atomic E-state index is 0.00368. The Kier molecular flexibility index (Phi) is 3.20. The lowest BCUT2D eigenvalue weighted by molar-refractivity contribution is -0.133. The molecule has 0 amide bonds. The Morgan fingerprint density at radius 1 is 1.56 bits per heavy atom. The third-order valence-electron chi connectivity index (χ3n) is 4.60. The van der Waals surface area contributed by atoms with Gasteiger partial charge in [-0.1, -0.05) is 32.2 Å². The predicted octanol–water partition coefficient (Wildman–Crippen LogP) is 2.54. The van der Waals surface area contributed by atoms with E-state index in [1.54, 1.807) is 6.08 Å². The van der Waals surface area contributed by atoms with E-state index < -0.39 is 12.1 Å². The highest BCUT2D eigenvalue weighted by atomic mass is 16.4. The molecule has 0 aromatic heterocycles. The van der Waals surface area contributed by atoms with Crippen LogP contribution in [0.1, 0.15) is 26.2 Å². The molecular weight excluding hydrogens is 228 g/mol. The summed E-state index contributed by atoms with van der Waals surface area (Å²) in [5.41, 5.74) is 1.10. The Labute approximate surface area is 108 Å². The van der Waals surface area contributed by atoms with Gasteiger partial charge in [-0.25, -0.2) is 4.79 Å². The summed E-state index contributed by atoms with van der Waals surface area (Å²) >= 11 is 0. The molecule has 0 heterocycles. The Balaban J connectivity index is 2.22. The maximum atomic E-state index is 11.0. The van der Waals surface area contributed by atoms with E-state index >= 15 is 0 Å². The largest absolute Gasteiger partial charge is 0.478 e. The number of carboxylic acids is 1. The Hall–Kier alpha value is -1.35. The van der Waals surface area contributed by atoms with Crippen LogP contribution >= 0.6 is 0 Å². The van der Waals surface area contributed by atoms with E-state index in [2.05, 4.69) is 26.2 Å². The molecule has 0 aliphatic heterocycles. The molecule has 0 bridgehead atoms. The average molecular weight is 248 g/mol. The third-order valence-corrected chi connectivity index (χ3v) is 4.60. The van der Waals surface area contributed by atoms with Crippen molar-refractivity contribution in [3.8, 4) is 0 Å². The standard InChI is InChI=1S/C15H20O3/c1-9(14(17)18)11-4-6-15(3)7-5-13(16)10(2)12(15)8-11/h5,7,11-13,16H,1-2,4,6,8H2,3H3,(H,17,18). The molecule has 0 aromatic carbocycles. The van der Waals surface area contributed by atoms with Gasteiger partial charge in [0.2, 0.25) is 0 Å². The zero-order valence-corrected chi connectivity index (χ0v) is 10.7. The van der Waals surface area contributed by atoms with E-state index in [9.17, 15) is 9.90 Å². The summed E-state index contributed by atoms with van der Waals surface area (Å²) in [7, 11) is 0. The molecule has 2 N–H and O–H groups in total. The van der Waals surface area contributed by atoms with Crippen LogP contribution in [0, 0.1) is 17.3 Å². The van der Waals surface area contributed by atoms with Crippen LogP contribution in [0.15, 0.2) is 36.5 Å². The van der Waals surface area contributed by atoms with E-state index in [4.69, 9.17) is 5.11 Å². The number of rotatable bonds is 2. The molecule has 18 heavy (non-hydrogen) atoms. The quantitative estimate of drug-likeness (QED) is 0.583. The number of aliphatic hydroxyl groups excluding tert-OH is 1. The smallest absolute Gasteiger partial charge is 0.331 e. The molecular formula is C15H20O3. The number of aliphatic carboxylic acids is 1. The Bertz CT molecular complexity index is 435. The van der Waals surface area contributed by atoms with E-state index in [0.717, 1.165) is 24.8 Å². The SMILES string of the molecule is C=C(C(=O)O)C1CCC2(C)C=CC(O)C(=C)C2C1. The predicted molar refractivity (Wildman–Crippen MR) is 70.0 cm³/mol. The number of carbonyl (C=O) groups is 1. The summed E-state index contributed by atoms with van der Waals surface area (Å²) in [6.07, 6.45) is 5.74. The van der Waals surface area contributed by atoms with Gasteiger partial charge in [0.05, 0.1) is 6.10 Å². The molecule has 2 aliphatic carbocycles. The van der Waals surface area contributed by atoms with Gasteiger partial charge in [0.15, 0.2) is 0 Å². The monoisotopic (exact) mass is 248 g/mol. The molecule has 3 heteroatoms. The average Bonchev–Trinajstić information content (AvgIpc) is 2.33. The second-order valence-corrected chi connectivity index (χ2v) is 5.74. The fourth-order valence-corrected chi connectivity index (χ4v) is 3.24. The van der Waals surface area contributed by atoms with Crippen LogP contribution in [0.4, 0.5) is 0 Å². The van der Waals surface area contributed by atoms with Gasteiger partial charge in [0.1, 0.15) is 0 Å². The zero-order chi connectivity index (χ0) is 13.5. The highest BCUT2D eigenvalue weighted by Gasteiger charge is 2.44. The van der Waals surface area contributed by atoms with Crippen LogP contribution in [0.2, 0.25) is 0 Å². The van der Waals surface area contributed by atoms with Gasteiger partial charge >= 0.3 is 5.97 Å². The molecule has 3 nitrogen and oxygen atoms in total. The molecule has 4 atom stereocenters. The first-order chi connectivity index (χ1) is 8.35. The van der Waals surface area contributed by atoms with Crippen molar-refractivity contribution in [3.05, 3.63) is 36.5 Å². The van der Waals surface area contributed by atoms with Crippen LogP contribution in [0.5, 0.6) is 0 Å². The van der Waals surface area contributed by atoms with Crippen molar-refractivity contribution < 1.29 is 15.0 Å². The normalized spacial score (nSPS) is 39.2. The van der Waals surface area contributed by atoms with Crippen molar-refractivity contribution in [2.75, 3.05) is 0 Å². The van der Waals surface area contributed by atoms with Crippen LogP contribution in [0.25, 0.3) is 0 Å². The first kappa shape index (κ1) is 13.1. The van der Waals surface area contributed by atoms with Crippen molar-refractivity contribution in [1.82, 2.24) is 0 Å². The topological polar surface area (TPSA) is 57.5 Å². The fourth-order valence-electron chi connectivity index (χ4n) is 3.24. The van der Waals surface area contributed by atoms with E-state index in [1.165, 1.54) is 0 Å².